The number of urea groups is 1. The topological polar surface area (TPSA) is 96.0 Å². The largest absolute Gasteiger partial charge is 0.353 e. The van der Waals surface area contributed by atoms with E-state index in [9.17, 15) is 9.59 Å². The van der Waals surface area contributed by atoms with Crippen LogP contribution in [0.4, 0.5) is 15.6 Å². The molecule has 3 amide bonds. The van der Waals surface area contributed by atoms with Gasteiger partial charge in [0.15, 0.2) is 4.34 Å². The summed E-state index contributed by atoms with van der Waals surface area (Å²) < 4.78 is 0.625. The molecule has 7 nitrogen and oxygen atoms in total. The van der Waals surface area contributed by atoms with E-state index in [-0.39, 0.29) is 23.7 Å². The van der Waals surface area contributed by atoms with Gasteiger partial charge in [-0.05, 0) is 51.0 Å². The molecule has 0 aliphatic carbocycles. The number of carbonyl (C=O) groups excluding carboxylic acids is 2. The normalized spacial score (nSPS) is 10.6. The summed E-state index contributed by atoms with van der Waals surface area (Å²) >= 11 is 2.51. The smallest absolute Gasteiger partial charge is 0.325 e. The number of carbonyl (C=O) groups is 2. The highest BCUT2D eigenvalue weighted by atomic mass is 32.2. The number of hydrogen-bond donors (Lipinski definition) is 3. The lowest BCUT2D eigenvalue weighted by atomic mass is 10.1. The van der Waals surface area contributed by atoms with Crippen LogP contribution in [0.5, 0.6) is 0 Å². The number of benzene rings is 1. The molecule has 2 rings (SSSR count). The van der Waals surface area contributed by atoms with Crippen LogP contribution in [0.15, 0.2) is 22.5 Å². The summed E-state index contributed by atoms with van der Waals surface area (Å²) in [6, 6.07) is 5.43. The van der Waals surface area contributed by atoms with E-state index >= 15 is 0 Å². The van der Waals surface area contributed by atoms with Crippen LogP contribution >= 0.6 is 23.1 Å². The second-order valence-corrected chi connectivity index (χ2v) is 7.96. The van der Waals surface area contributed by atoms with Gasteiger partial charge in [-0.15, -0.1) is 10.2 Å². The Hall–Kier alpha value is -2.13. The van der Waals surface area contributed by atoms with Gasteiger partial charge in [-0.2, -0.15) is 0 Å². The standard InChI is InChI=1S/C16H21N5O2S2/c1-9(2)17-13(22)8-24-16-21-20-15(25-16)19-14(23)18-12-6-5-10(3)11(4)7-12/h5-7,9H,8H2,1-4H3,(H,17,22)(H2,18,19,20,23). The van der Waals surface area contributed by atoms with Gasteiger partial charge >= 0.3 is 6.03 Å². The molecule has 0 aliphatic rings. The van der Waals surface area contributed by atoms with Crippen LogP contribution in [-0.4, -0.2) is 33.9 Å². The molecule has 2 aromatic rings. The van der Waals surface area contributed by atoms with Crippen LogP contribution in [0.2, 0.25) is 0 Å². The molecule has 0 bridgehead atoms. The molecule has 1 aromatic heterocycles. The van der Waals surface area contributed by atoms with E-state index in [1.807, 2.05) is 45.9 Å². The quantitative estimate of drug-likeness (QED) is 0.528. The molecule has 1 aromatic carbocycles. The van der Waals surface area contributed by atoms with Crippen molar-refractivity contribution in [3.63, 3.8) is 0 Å². The number of hydrogen-bond acceptors (Lipinski definition) is 6. The molecule has 1 heterocycles. The van der Waals surface area contributed by atoms with Gasteiger partial charge in [-0.1, -0.05) is 29.2 Å². The average Bonchev–Trinajstić information content (AvgIpc) is 2.95. The molecule has 0 atom stereocenters. The van der Waals surface area contributed by atoms with Crippen molar-refractivity contribution in [2.24, 2.45) is 0 Å². The van der Waals surface area contributed by atoms with Crippen LogP contribution in [0.1, 0.15) is 25.0 Å². The molecule has 0 radical (unpaired) electrons. The lowest BCUT2D eigenvalue weighted by molar-refractivity contribution is -0.119. The Kier molecular flexibility index (Phi) is 6.77. The summed E-state index contributed by atoms with van der Waals surface area (Å²) in [5.41, 5.74) is 2.98. The summed E-state index contributed by atoms with van der Waals surface area (Å²) in [7, 11) is 0. The Morgan fingerprint density at radius 1 is 1.16 bits per heavy atom. The van der Waals surface area contributed by atoms with Gasteiger partial charge in [0.2, 0.25) is 11.0 Å². The first-order chi connectivity index (χ1) is 11.8. The Labute approximate surface area is 155 Å². The third-order valence-corrected chi connectivity index (χ3v) is 5.14. The lowest BCUT2D eigenvalue weighted by Gasteiger charge is -2.07. The molecule has 0 aliphatic heterocycles. The van der Waals surface area contributed by atoms with E-state index in [1.54, 1.807) is 0 Å². The maximum Gasteiger partial charge on any atom is 0.325 e. The Morgan fingerprint density at radius 3 is 2.60 bits per heavy atom. The monoisotopic (exact) mass is 379 g/mol. The summed E-state index contributed by atoms with van der Waals surface area (Å²) in [5.74, 6) is 0.207. The second kappa shape index (κ2) is 8.82. The van der Waals surface area contributed by atoms with E-state index in [4.69, 9.17) is 0 Å². The first-order valence-corrected chi connectivity index (χ1v) is 9.54. The first-order valence-electron chi connectivity index (χ1n) is 7.74. The zero-order valence-corrected chi connectivity index (χ0v) is 16.2. The van der Waals surface area contributed by atoms with Gasteiger partial charge in [0.25, 0.3) is 0 Å². The highest BCUT2D eigenvalue weighted by molar-refractivity contribution is 8.01. The van der Waals surface area contributed by atoms with Crippen molar-refractivity contribution < 1.29 is 9.59 Å². The van der Waals surface area contributed by atoms with Gasteiger partial charge in [-0.25, -0.2) is 4.79 Å². The fourth-order valence-electron chi connectivity index (χ4n) is 1.89. The van der Waals surface area contributed by atoms with Crippen LogP contribution in [-0.2, 0) is 4.79 Å². The third kappa shape index (κ3) is 6.35. The number of anilines is 2. The molecule has 0 fully saturated rings. The fraction of sp³-hybridized carbons (Fsp3) is 0.375. The molecular formula is C16H21N5O2S2. The summed E-state index contributed by atoms with van der Waals surface area (Å²) in [6.45, 7) is 7.82. The predicted octanol–water partition coefficient (Wildman–Crippen LogP) is 3.42. The van der Waals surface area contributed by atoms with Gasteiger partial charge in [0.05, 0.1) is 5.75 Å². The minimum absolute atomic E-state index is 0.0582. The number of aryl methyl sites for hydroxylation is 2. The molecular weight excluding hydrogens is 358 g/mol. The maximum absolute atomic E-state index is 12.0. The molecule has 0 saturated heterocycles. The molecule has 0 saturated carbocycles. The van der Waals surface area contributed by atoms with Crippen LogP contribution < -0.4 is 16.0 Å². The number of rotatable bonds is 6. The van der Waals surface area contributed by atoms with Crippen molar-refractivity contribution in [2.75, 3.05) is 16.4 Å². The minimum atomic E-state index is -0.381. The maximum atomic E-state index is 12.0. The van der Waals surface area contributed by atoms with E-state index < -0.39 is 0 Å². The van der Waals surface area contributed by atoms with Crippen molar-refractivity contribution in [2.45, 2.75) is 38.1 Å². The highest BCUT2D eigenvalue weighted by Crippen LogP contribution is 2.25. The number of nitrogens with one attached hydrogen (secondary N) is 3. The first kappa shape index (κ1) is 19.2. The zero-order chi connectivity index (χ0) is 18.4. The Balaban J connectivity index is 1.84. The Morgan fingerprint density at radius 2 is 1.92 bits per heavy atom. The molecule has 0 spiro atoms. The van der Waals surface area contributed by atoms with Crippen LogP contribution in [0.25, 0.3) is 0 Å². The van der Waals surface area contributed by atoms with Gasteiger partial charge in [0.1, 0.15) is 0 Å². The summed E-state index contributed by atoms with van der Waals surface area (Å²) in [6.07, 6.45) is 0. The van der Waals surface area contributed by atoms with Gasteiger partial charge in [-0.3, -0.25) is 10.1 Å². The summed E-state index contributed by atoms with van der Waals surface area (Å²) in [4.78, 5) is 23.6. The summed E-state index contributed by atoms with van der Waals surface area (Å²) in [5, 5.41) is 16.5. The average molecular weight is 380 g/mol. The molecule has 3 N–H and O–H groups in total. The lowest BCUT2D eigenvalue weighted by Crippen LogP contribution is -2.31. The van der Waals surface area contributed by atoms with Crippen molar-refractivity contribution >= 4 is 45.9 Å². The van der Waals surface area contributed by atoms with Crippen molar-refractivity contribution in [1.29, 1.82) is 0 Å². The number of aromatic nitrogens is 2. The highest BCUT2D eigenvalue weighted by Gasteiger charge is 2.11. The van der Waals surface area contributed by atoms with E-state index in [0.717, 1.165) is 5.56 Å². The van der Waals surface area contributed by atoms with Gasteiger partial charge < -0.3 is 10.6 Å². The van der Waals surface area contributed by atoms with E-state index in [2.05, 4.69) is 26.1 Å². The van der Waals surface area contributed by atoms with Crippen molar-refractivity contribution in [1.82, 2.24) is 15.5 Å². The van der Waals surface area contributed by atoms with E-state index in [0.29, 0.717) is 15.2 Å². The second-order valence-electron chi connectivity index (χ2n) is 5.76. The predicted molar refractivity (Wildman–Crippen MR) is 102 cm³/mol. The third-order valence-electron chi connectivity index (χ3n) is 3.17. The zero-order valence-electron chi connectivity index (χ0n) is 14.5. The van der Waals surface area contributed by atoms with Gasteiger partial charge in [0, 0.05) is 11.7 Å². The van der Waals surface area contributed by atoms with Crippen molar-refractivity contribution in [3.05, 3.63) is 29.3 Å². The number of amides is 3. The van der Waals surface area contributed by atoms with Crippen LogP contribution in [0, 0.1) is 13.8 Å². The number of thioether (sulfide) groups is 1. The van der Waals surface area contributed by atoms with Crippen LogP contribution in [0.3, 0.4) is 0 Å². The molecule has 0 unspecified atom stereocenters. The Bertz CT molecular complexity index is 761. The molecule has 25 heavy (non-hydrogen) atoms. The van der Waals surface area contributed by atoms with E-state index in [1.165, 1.54) is 28.7 Å². The minimum Gasteiger partial charge on any atom is -0.353 e. The van der Waals surface area contributed by atoms with Crippen molar-refractivity contribution in [3.8, 4) is 0 Å². The fourth-order valence-corrected chi connectivity index (χ4v) is 3.45. The molecule has 9 heteroatoms. The molecule has 134 valence electrons. The SMILES string of the molecule is Cc1ccc(NC(=O)Nc2nnc(SCC(=O)NC(C)C)s2)cc1C. The number of nitrogens with zero attached hydrogens (tertiary/aromatic N) is 2.